The predicted molar refractivity (Wildman–Crippen MR) is 100 cm³/mol. The van der Waals surface area contributed by atoms with Crippen molar-refractivity contribution in [1.82, 2.24) is 4.90 Å². The van der Waals surface area contributed by atoms with Crippen LogP contribution in [0.2, 0.25) is 0 Å². The van der Waals surface area contributed by atoms with Gasteiger partial charge < -0.3 is 9.64 Å². The third-order valence-electron chi connectivity index (χ3n) is 4.47. The van der Waals surface area contributed by atoms with Crippen LogP contribution in [-0.2, 0) is 14.3 Å². The number of unbranched alkanes of at least 4 members (excludes halogenated alkanes) is 12. The molecule has 7 heteroatoms. The van der Waals surface area contributed by atoms with Gasteiger partial charge in [-0.3, -0.25) is 9.59 Å². The first kappa shape index (κ1) is 25.7. The van der Waals surface area contributed by atoms with Crippen LogP contribution in [0.3, 0.4) is 0 Å². The normalized spacial score (nSPS) is 11.4. The van der Waals surface area contributed by atoms with Gasteiger partial charge in [-0.1, -0.05) is 84.0 Å². The van der Waals surface area contributed by atoms with Crippen molar-refractivity contribution in [1.29, 1.82) is 0 Å². The topological polar surface area (TPSA) is 46.6 Å². The summed E-state index contributed by atoms with van der Waals surface area (Å²) in [6.45, 7) is 1.73. The molecule has 0 unspecified atom stereocenters. The highest BCUT2D eigenvalue weighted by Crippen LogP contribution is 2.17. The van der Waals surface area contributed by atoms with Gasteiger partial charge in [0.15, 0.2) is 0 Å². The Morgan fingerprint density at radius 2 is 1.19 bits per heavy atom. The zero-order chi connectivity index (χ0) is 20.5. The molecule has 0 N–H and O–H groups in total. The molecule has 0 rings (SSSR count). The molecule has 0 radical (unpaired) electrons. The lowest BCUT2D eigenvalue weighted by Gasteiger charge is -2.17. The summed E-state index contributed by atoms with van der Waals surface area (Å²) >= 11 is 0. The zero-order valence-corrected chi connectivity index (χ0v) is 16.9. The summed E-state index contributed by atoms with van der Waals surface area (Å²) in [5, 5.41) is 0. The Kier molecular flexibility index (Phi) is 15.0. The van der Waals surface area contributed by atoms with E-state index in [1.54, 1.807) is 0 Å². The smallest absolute Gasteiger partial charge is 0.464 e. The van der Waals surface area contributed by atoms with E-state index in [9.17, 15) is 22.8 Å². The number of nitrogens with zero attached hydrogens (tertiary/aromatic N) is 1. The maximum absolute atomic E-state index is 12.2. The lowest BCUT2D eigenvalue weighted by Crippen LogP contribution is -2.41. The van der Waals surface area contributed by atoms with Gasteiger partial charge in [-0.2, -0.15) is 13.2 Å². The average Bonchev–Trinajstić information content (AvgIpc) is 2.60. The molecule has 0 aromatic heterocycles. The quantitative estimate of drug-likeness (QED) is 0.251. The summed E-state index contributed by atoms with van der Waals surface area (Å²) < 4.78 is 41.5. The van der Waals surface area contributed by atoms with Crippen molar-refractivity contribution in [3.63, 3.8) is 0 Å². The van der Waals surface area contributed by atoms with Gasteiger partial charge in [0.05, 0.1) is 6.61 Å². The first-order valence-corrected chi connectivity index (χ1v) is 10.3. The number of hydrogen-bond donors (Lipinski definition) is 0. The van der Waals surface area contributed by atoms with Crippen LogP contribution < -0.4 is 0 Å². The Morgan fingerprint density at radius 1 is 0.778 bits per heavy atom. The van der Waals surface area contributed by atoms with Crippen LogP contribution in [0, 0.1) is 0 Å². The highest BCUT2D eigenvalue weighted by atomic mass is 19.4. The third-order valence-corrected chi connectivity index (χ3v) is 4.47. The summed E-state index contributed by atoms with van der Waals surface area (Å²) in [4.78, 5) is 22.6. The fourth-order valence-electron chi connectivity index (χ4n) is 2.83. The number of esters is 1. The number of carbonyl (C=O) groups excluding carboxylic acids is 2. The molecule has 0 aliphatic carbocycles. The standard InChI is InChI=1S/C20H36F3NO3/c1-3-4-5-6-7-8-9-10-11-12-13-14-15-16-27-18(25)17-24(2)19(26)20(21,22)23/h3-17H2,1-2H3. The number of rotatable bonds is 16. The fraction of sp³-hybridized carbons (Fsp3) is 0.900. The van der Waals surface area contributed by atoms with E-state index in [-0.39, 0.29) is 6.61 Å². The van der Waals surface area contributed by atoms with Gasteiger partial charge in [0.2, 0.25) is 0 Å². The van der Waals surface area contributed by atoms with Gasteiger partial charge in [0.1, 0.15) is 6.54 Å². The first-order valence-electron chi connectivity index (χ1n) is 10.3. The largest absolute Gasteiger partial charge is 0.471 e. The summed E-state index contributed by atoms with van der Waals surface area (Å²) in [6.07, 6.45) is 10.7. The van der Waals surface area contributed by atoms with Crippen molar-refractivity contribution >= 4 is 11.9 Å². The minimum absolute atomic E-state index is 0.185. The summed E-state index contributed by atoms with van der Waals surface area (Å²) in [5.41, 5.74) is 0. The van der Waals surface area contributed by atoms with E-state index in [4.69, 9.17) is 4.74 Å². The van der Waals surface area contributed by atoms with Crippen molar-refractivity contribution in [3.8, 4) is 0 Å². The van der Waals surface area contributed by atoms with Gasteiger partial charge in [-0.25, -0.2) is 0 Å². The number of carbonyl (C=O) groups is 2. The SMILES string of the molecule is CCCCCCCCCCCCCCCOC(=O)CN(C)C(=O)C(F)(F)F. The van der Waals surface area contributed by atoms with Crippen molar-refractivity contribution in [2.45, 2.75) is 96.6 Å². The molecule has 0 saturated carbocycles. The number of ether oxygens (including phenoxy) is 1. The van der Waals surface area contributed by atoms with E-state index in [0.717, 1.165) is 26.3 Å². The third kappa shape index (κ3) is 15.5. The average molecular weight is 396 g/mol. The Bertz CT molecular complexity index is 400. The molecule has 0 aromatic rings. The van der Waals surface area contributed by atoms with Crippen molar-refractivity contribution in [2.75, 3.05) is 20.2 Å². The van der Waals surface area contributed by atoms with Gasteiger partial charge in [-0.05, 0) is 6.42 Å². The van der Waals surface area contributed by atoms with Crippen LogP contribution in [0.25, 0.3) is 0 Å². The number of halogens is 3. The van der Waals surface area contributed by atoms with Crippen LogP contribution in [0.15, 0.2) is 0 Å². The van der Waals surface area contributed by atoms with Gasteiger partial charge >= 0.3 is 18.1 Å². The molecular formula is C20H36F3NO3. The second kappa shape index (κ2) is 15.8. The molecule has 160 valence electrons. The minimum atomic E-state index is -4.97. The van der Waals surface area contributed by atoms with E-state index < -0.39 is 24.6 Å². The molecule has 0 aliphatic rings. The predicted octanol–water partition coefficient (Wildman–Crippen LogP) is 5.64. The van der Waals surface area contributed by atoms with Crippen LogP contribution in [0.4, 0.5) is 13.2 Å². The molecule has 27 heavy (non-hydrogen) atoms. The zero-order valence-electron chi connectivity index (χ0n) is 16.9. The molecule has 0 spiro atoms. The lowest BCUT2D eigenvalue weighted by atomic mass is 10.0. The van der Waals surface area contributed by atoms with E-state index >= 15 is 0 Å². The number of hydrogen-bond acceptors (Lipinski definition) is 3. The molecule has 0 fully saturated rings. The van der Waals surface area contributed by atoms with Crippen LogP contribution in [0.1, 0.15) is 90.4 Å². The van der Waals surface area contributed by atoms with Gasteiger partial charge in [0, 0.05) is 7.05 Å². The Balaban J connectivity index is 3.42. The highest BCUT2D eigenvalue weighted by molar-refractivity contribution is 5.85. The molecule has 0 aliphatic heterocycles. The van der Waals surface area contributed by atoms with E-state index in [2.05, 4.69) is 6.92 Å². The molecule has 4 nitrogen and oxygen atoms in total. The van der Waals surface area contributed by atoms with Crippen LogP contribution in [-0.4, -0.2) is 43.2 Å². The van der Waals surface area contributed by atoms with Gasteiger partial charge in [0.25, 0.3) is 0 Å². The highest BCUT2D eigenvalue weighted by Gasteiger charge is 2.41. The molecule has 0 heterocycles. The number of likely N-dealkylation sites (N-methyl/N-ethyl adjacent to an activating group) is 1. The maximum atomic E-state index is 12.2. The van der Waals surface area contributed by atoms with Crippen LogP contribution in [0.5, 0.6) is 0 Å². The first-order chi connectivity index (χ1) is 12.8. The second-order valence-electron chi connectivity index (χ2n) is 7.12. The van der Waals surface area contributed by atoms with Crippen LogP contribution >= 0.6 is 0 Å². The molecule has 1 amide bonds. The Labute approximate surface area is 161 Å². The van der Waals surface area contributed by atoms with Crippen molar-refractivity contribution in [2.24, 2.45) is 0 Å². The Hall–Kier alpha value is -1.27. The maximum Gasteiger partial charge on any atom is 0.471 e. The van der Waals surface area contributed by atoms with Crippen molar-refractivity contribution < 1.29 is 27.5 Å². The Morgan fingerprint density at radius 3 is 1.59 bits per heavy atom. The summed E-state index contributed by atoms with van der Waals surface area (Å²) in [5.74, 6) is -2.85. The molecule has 0 saturated heterocycles. The van der Waals surface area contributed by atoms with E-state index in [0.29, 0.717) is 11.3 Å². The summed E-state index contributed by atoms with van der Waals surface area (Å²) in [6, 6.07) is 0. The lowest BCUT2D eigenvalue weighted by molar-refractivity contribution is -0.185. The number of amides is 1. The second-order valence-corrected chi connectivity index (χ2v) is 7.12. The van der Waals surface area contributed by atoms with E-state index in [1.807, 2.05) is 0 Å². The summed E-state index contributed by atoms with van der Waals surface area (Å²) in [7, 11) is 0.933. The van der Waals surface area contributed by atoms with Crippen molar-refractivity contribution in [3.05, 3.63) is 0 Å². The molecule has 0 aromatic carbocycles. The van der Waals surface area contributed by atoms with Gasteiger partial charge in [-0.15, -0.1) is 0 Å². The monoisotopic (exact) mass is 395 g/mol. The van der Waals surface area contributed by atoms with E-state index in [1.165, 1.54) is 57.8 Å². The minimum Gasteiger partial charge on any atom is -0.464 e. The molecule has 0 bridgehead atoms. The number of alkyl halides is 3. The molecular weight excluding hydrogens is 359 g/mol. The molecule has 0 atom stereocenters. The fourth-order valence-corrected chi connectivity index (χ4v) is 2.83.